The molecular weight excluding hydrogens is 517 g/mol. The molecule has 0 aromatic heterocycles. The standard InChI is InChI=1S/C24H16Cl3N3O5/c25-17-6-4-14(5-7-17)12-29-23(31)21(28-24(29)32)11-16-9-19(26)22(20(27)10-16)35-13-15-2-1-3-18(8-15)30(33)34/h1-11H,12-13H2,(H,28,32)/b21-11-. The Bertz CT molecular complexity index is 1340. The van der Waals surface area contributed by atoms with Crippen LogP contribution >= 0.6 is 34.8 Å². The average molecular weight is 533 g/mol. The van der Waals surface area contributed by atoms with Gasteiger partial charge in [0.2, 0.25) is 0 Å². The summed E-state index contributed by atoms with van der Waals surface area (Å²) in [6.07, 6.45) is 1.46. The number of halogens is 3. The summed E-state index contributed by atoms with van der Waals surface area (Å²) in [6.45, 7) is 0.0981. The third-order valence-electron chi connectivity index (χ3n) is 5.05. The summed E-state index contributed by atoms with van der Waals surface area (Å²) in [5.74, 6) is -0.309. The zero-order chi connectivity index (χ0) is 25.1. The Balaban J connectivity index is 1.49. The van der Waals surface area contributed by atoms with Crippen LogP contribution in [0.3, 0.4) is 0 Å². The van der Waals surface area contributed by atoms with E-state index in [-0.39, 0.29) is 40.3 Å². The van der Waals surface area contributed by atoms with Crippen LogP contribution < -0.4 is 10.1 Å². The van der Waals surface area contributed by atoms with E-state index >= 15 is 0 Å². The highest BCUT2D eigenvalue weighted by Crippen LogP contribution is 2.36. The second-order valence-corrected chi connectivity index (χ2v) is 8.79. The fourth-order valence-corrected chi connectivity index (χ4v) is 4.11. The molecule has 3 aromatic rings. The van der Waals surface area contributed by atoms with Crippen molar-refractivity contribution in [2.24, 2.45) is 0 Å². The van der Waals surface area contributed by atoms with E-state index in [1.165, 1.54) is 30.3 Å². The van der Waals surface area contributed by atoms with Gasteiger partial charge in [0.25, 0.3) is 11.6 Å². The number of benzene rings is 3. The number of imide groups is 1. The highest BCUT2D eigenvalue weighted by molar-refractivity contribution is 6.37. The lowest BCUT2D eigenvalue weighted by atomic mass is 10.1. The van der Waals surface area contributed by atoms with E-state index in [1.54, 1.807) is 36.4 Å². The van der Waals surface area contributed by atoms with Crippen LogP contribution in [-0.2, 0) is 17.9 Å². The predicted octanol–water partition coefficient (Wildman–Crippen LogP) is 6.23. The lowest BCUT2D eigenvalue weighted by Gasteiger charge is -2.12. The molecule has 1 N–H and O–H groups in total. The van der Waals surface area contributed by atoms with Crippen molar-refractivity contribution in [1.29, 1.82) is 0 Å². The minimum absolute atomic E-state index is 0.00968. The molecule has 8 nitrogen and oxygen atoms in total. The number of amides is 3. The highest BCUT2D eigenvalue weighted by atomic mass is 35.5. The maximum Gasteiger partial charge on any atom is 0.329 e. The number of nitro benzene ring substituents is 1. The van der Waals surface area contributed by atoms with Crippen LogP contribution in [0.5, 0.6) is 5.75 Å². The molecule has 0 atom stereocenters. The molecule has 1 heterocycles. The van der Waals surface area contributed by atoms with Crippen LogP contribution in [0.15, 0.2) is 66.4 Å². The maximum atomic E-state index is 12.8. The molecule has 1 aliphatic heterocycles. The molecule has 3 amide bonds. The Kier molecular flexibility index (Phi) is 7.25. The number of hydrogen-bond acceptors (Lipinski definition) is 5. The second-order valence-electron chi connectivity index (χ2n) is 7.54. The van der Waals surface area contributed by atoms with E-state index < -0.39 is 16.9 Å². The normalized spacial score (nSPS) is 14.4. The van der Waals surface area contributed by atoms with E-state index in [0.29, 0.717) is 16.1 Å². The molecule has 4 rings (SSSR count). The third-order valence-corrected chi connectivity index (χ3v) is 5.87. The van der Waals surface area contributed by atoms with Gasteiger partial charge in [0.1, 0.15) is 12.3 Å². The van der Waals surface area contributed by atoms with Crippen LogP contribution in [0.2, 0.25) is 15.1 Å². The largest absolute Gasteiger partial charge is 0.486 e. The topological polar surface area (TPSA) is 102 Å². The first-order chi connectivity index (χ1) is 16.7. The van der Waals surface area contributed by atoms with Crippen LogP contribution in [-0.4, -0.2) is 21.8 Å². The number of nitro groups is 1. The van der Waals surface area contributed by atoms with Crippen molar-refractivity contribution >= 4 is 58.5 Å². The molecule has 0 bridgehead atoms. The molecule has 1 saturated heterocycles. The molecule has 0 aliphatic carbocycles. The molecule has 178 valence electrons. The Morgan fingerprint density at radius 2 is 1.66 bits per heavy atom. The van der Waals surface area contributed by atoms with Crippen LogP contribution in [0.4, 0.5) is 10.5 Å². The molecule has 0 unspecified atom stereocenters. The fraction of sp³-hybridized carbons (Fsp3) is 0.0833. The summed E-state index contributed by atoms with van der Waals surface area (Å²) in [5, 5.41) is 14.4. The van der Waals surface area contributed by atoms with Gasteiger partial charge in [-0.25, -0.2) is 4.79 Å². The SMILES string of the molecule is O=C1N/C(=C\c2cc(Cl)c(OCc3cccc([N+](=O)[O-])c3)c(Cl)c2)C(=O)N1Cc1ccc(Cl)cc1. The van der Waals surface area contributed by atoms with Gasteiger partial charge in [-0.05, 0) is 47.0 Å². The minimum atomic E-state index is -0.551. The number of rotatable bonds is 7. The Morgan fingerprint density at radius 1 is 0.971 bits per heavy atom. The molecule has 35 heavy (non-hydrogen) atoms. The van der Waals surface area contributed by atoms with Gasteiger partial charge in [-0.2, -0.15) is 0 Å². The van der Waals surface area contributed by atoms with Crippen molar-refractivity contribution in [1.82, 2.24) is 10.2 Å². The number of carbonyl (C=O) groups is 2. The average Bonchev–Trinajstić information content (AvgIpc) is 3.07. The van der Waals surface area contributed by atoms with E-state index in [2.05, 4.69) is 5.32 Å². The molecule has 1 fully saturated rings. The van der Waals surface area contributed by atoms with Crippen molar-refractivity contribution in [2.45, 2.75) is 13.2 Å². The van der Waals surface area contributed by atoms with Crippen molar-refractivity contribution < 1.29 is 19.2 Å². The first-order valence-corrected chi connectivity index (χ1v) is 11.3. The minimum Gasteiger partial charge on any atom is -0.486 e. The van der Waals surface area contributed by atoms with Gasteiger partial charge in [-0.3, -0.25) is 19.8 Å². The molecule has 1 aliphatic rings. The first-order valence-electron chi connectivity index (χ1n) is 10.2. The van der Waals surface area contributed by atoms with E-state index in [1.807, 2.05) is 0 Å². The van der Waals surface area contributed by atoms with E-state index in [9.17, 15) is 19.7 Å². The second kappa shape index (κ2) is 10.4. The van der Waals surface area contributed by atoms with Gasteiger partial charge in [0.05, 0.1) is 21.5 Å². The number of carbonyl (C=O) groups excluding carboxylic acids is 2. The zero-order valence-electron chi connectivity index (χ0n) is 17.8. The van der Waals surface area contributed by atoms with Gasteiger partial charge in [0, 0.05) is 17.2 Å². The highest BCUT2D eigenvalue weighted by Gasteiger charge is 2.33. The number of ether oxygens (including phenoxy) is 1. The molecule has 3 aromatic carbocycles. The number of hydrogen-bond donors (Lipinski definition) is 1. The zero-order valence-corrected chi connectivity index (χ0v) is 20.1. The molecule has 11 heteroatoms. The third kappa shape index (κ3) is 5.74. The van der Waals surface area contributed by atoms with Crippen LogP contribution in [0.25, 0.3) is 6.08 Å². The maximum absolute atomic E-state index is 12.8. The smallest absolute Gasteiger partial charge is 0.329 e. The number of non-ortho nitro benzene ring substituents is 1. The fourth-order valence-electron chi connectivity index (χ4n) is 3.37. The number of urea groups is 1. The van der Waals surface area contributed by atoms with Crippen LogP contribution in [0, 0.1) is 10.1 Å². The van der Waals surface area contributed by atoms with E-state index in [0.717, 1.165) is 10.5 Å². The van der Waals surface area contributed by atoms with Gasteiger partial charge in [-0.15, -0.1) is 0 Å². The Morgan fingerprint density at radius 3 is 2.31 bits per heavy atom. The number of nitrogens with zero attached hydrogens (tertiary/aromatic N) is 2. The molecule has 0 radical (unpaired) electrons. The Labute approximate surface area is 214 Å². The summed E-state index contributed by atoms with van der Waals surface area (Å²) in [5.41, 5.74) is 1.80. The summed E-state index contributed by atoms with van der Waals surface area (Å²) in [7, 11) is 0. The number of nitrogens with one attached hydrogen (secondary N) is 1. The van der Waals surface area contributed by atoms with Gasteiger partial charge in [0.15, 0.2) is 5.75 Å². The first kappa shape index (κ1) is 24.5. The summed E-state index contributed by atoms with van der Waals surface area (Å²) < 4.78 is 5.68. The summed E-state index contributed by atoms with van der Waals surface area (Å²) in [4.78, 5) is 36.6. The molecule has 0 saturated carbocycles. The van der Waals surface area contributed by atoms with Crippen molar-refractivity contribution in [2.75, 3.05) is 0 Å². The van der Waals surface area contributed by atoms with Crippen molar-refractivity contribution in [3.63, 3.8) is 0 Å². The molecule has 0 spiro atoms. The quantitative estimate of drug-likeness (QED) is 0.168. The predicted molar refractivity (Wildman–Crippen MR) is 132 cm³/mol. The lowest BCUT2D eigenvalue weighted by molar-refractivity contribution is -0.384. The molecular formula is C24H16Cl3N3O5. The lowest BCUT2D eigenvalue weighted by Crippen LogP contribution is -2.30. The van der Waals surface area contributed by atoms with Gasteiger partial charge < -0.3 is 10.1 Å². The summed E-state index contributed by atoms with van der Waals surface area (Å²) >= 11 is 18.6. The Hall–Kier alpha value is -3.59. The van der Waals surface area contributed by atoms with Crippen molar-refractivity contribution in [3.05, 3.63) is 108 Å². The summed E-state index contributed by atoms with van der Waals surface area (Å²) in [6, 6.07) is 15.3. The van der Waals surface area contributed by atoms with Gasteiger partial charge in [-0.1, -0.05) is 59.1 Å². The van der Waals surface area contributed by atoms with E-state index in [4.69, 9.17) is 39.5 Å². The van der Waals surface area contributed by atoms with Gasteiger partial charge >= 0.3 is 6.03 Å². The van der Waals surface area contributed by atoms with Crippen LogP contribution in [0.1, 0.15) is 16.7 Å². The monoisotopic (exact) mass is 531 g/mol. The van der Waals surface area contributed by atoms with Crippen molar-refractivity contribution in [3.8, 4) is 5.75 Å².